The summed E-state index contributed by atoms with van der Waals surface area (Å²) in [5.41, 5.74) is 1.38. The second kappa shape index (κ2) is 8.06. The highest BCUT2D eigenvalue weighted by molar-refractivity contribution is 6.30. The number of carbonyl (C=O) groups excluding carboxylic acids is 1. The van der Waals surface area contributed by atoms with Crippen molar-refractivity contribution in [3.8, 4) is 0 Å². The summed E-state index contributed by atoms with van der Waals surface area (Å²) in [5, 5.41) is 3.84. The quantitative estimate of drug-likeness (QED) is 0.629. The Morgan fingerprint density at radius 1 is 1.41 bits per heavy atom. The highest BCUT2D eigenvalue weighted by atomic mass is 35.5. The first-order valence-electron chi connectivity index (χ1n) is 7.10. The molecule has 0 aliphatic carbocycles. The largest absolute Gasteiger partial charge is 0.385 e. The minimum absolute atomic E-state index is 0.0495. The predicted molar refractivity (Wildman–Crippen MR) is 84.5 cm³/mol. The van der Waals surface area contributed by atoms with E-state index in [9.17, 15) is 9.18 Å². The van der Waals surface area contributed by atoms with Gasteiger partial charge in [0.2, 0.25) is 5.91 Å². The van der Waals surface area contributed by atoms with E-state index in [2.05, 4.69) is 10.3 Å². The Hall–Kier alpha value is -1.72. The van der Waals surface area contributed by atoms with Gasteiger partial charge in [-0.3, -0.25) is 4.79 Å². The number of hydrogen-bond acceptors (Lipinski definition) is 3. The van der Waals surface area contributed by atoms with Crippen molar-refractivity contribution < 1.29 is 13.9 Å². The molecule has 1 N–H and O–H groups in total. The molecule has 2 rings (SSSR count). The van der Waals surface area contributed by atoms with Gasteiger partial charge in [-0.25, -0.2) is 9.37 Å². The van der Waals surface area contributed by atoms with Crippen LogP contribution in [0.3, 0.4) is 0 Å². The van der Waals surface area contributed by atoms with Gasteiger partial charge in [-0.2, -0.15) is 0 Å². The number of benzene rings is 1. The molecule has 0 atom stereocenters. The lowest BCUT2D eigenvalue weighted by molar-refractivity contribution is -0.121. The number of methoxy groups -OCH3 is 1. The summed E-state index contributed by atoms with van der Waals surface area (Å²) in [6.07, 6.45) is 1.56. The third kappa shape index (κ3) is 4.64. The molecule has 6 heteroatoms. The third-order valence-electron chi connectivity index (χ3n) is 3.27. The molecule has 0 radical (unpaired) electrons. The number of nitrogens with zero attached hydrogens (tertiary/aromatic N) is 1. The van der Waals surface area contributed by atoms with Crippen LogP contribution in [0, 0.1) is 5.82 Å². The highest BCUT2D eigenvalue weighted by Gasteiger charge is 2.08. The number of pyridine rings is 1. The molecule has 1 heterocycles. The molecule has 0 spiro atoms. The number of aromatic nitrogens is 1. The Morgan fingerprint density at radius 3 is 3.00 bits per heavy atom. The number of fused-ring (bicyclic) bond motifs is 1. The molecule has 0 saturated heterocycles. The number of ether oxygens (including phenoxy) is 1. The minimum atomic E-state index is -0.321. The van der Waals surface area contributed by atoms with Crippen molar-refractivity contribution in [2.24, 2.45) is 0 Å². The third-order valence-corrected chi connectivity index (χ3v) is 3.60. The molecule has 0 unspecified atom stereocenters. The van der Waals surface area contributed by atoms with Crippen LogP contribution >= 0.6 is 11.6 Å². The van der Waals surface area contributed by atoms with E-state index in [1.807, 2.05) is 0 Å². The number of amides is 1. The van der Waals surface area contributed by atoms with E-state index >= 15 is 0 Å². The fourth-order valence-electron chi connectivity index (χ4n) is 2.12. The van der Waals surface area contributed by atoms with E-state index in [-0.39, 0.29) is 11.7 Å². The zero-order chi connectivity index (χ0) is 15.9. The molecule has 0 saturated carbocycles. The van der Waals surface area contributed by atoms with Crippen molar-refractivity contribution in [1.29, 1.82) is 0 Å². The fourth-order valence-corrected chi connectivity index (χ4v) is 2.36. The van der Waals surface area contributed by atoms with Gasteiger partial charge in [-0.15, -0.1) is 0 Å². The van der Waals surface area contributed by atoms with Crippen molar-refractivity contribution >= 4 is 28.4 Å². The molecular weight excluding hydrogens is 307 g/mol. The van der Waals surface area contributed by atoms with Crippen LogP contribution in [0.2, 0.25) is 5.15 Å². The van der Waals surface area contributed by atoms with Crippen LogP contribution in [-0.2, 0) is 16.0 Å². The number of hydrogen-bond donors (Lipinski definition) is 1. The van der Waals surface area contributed by atoms with Gasteiger partial charge >= 0.3 is 0 Å². The van der Waals surface area contributed by atoms with Crippen molar-refractivity contribution in [2.75, 3.05) is 20.3 Å². The van der Waals surface area contributed by atoms with Gasteiger partial charge in [0.05, 0.1) is 5.52 Å². The first-order chi connectivity index (χ1) is 10.6. The zero-order valence-electron chi connectivity index (χ0n) is 12.4. The van der Waals surface area contributed by atoms with Gasteiger partial charge in [0.25, 0.3) is 0 Å². The summed E-state index contributed by atoms with van der Waals surface area (Å²) in [4.78, 5) is 16.0. The van der Waals surface area contributed by atoms with E-state index in [1.54, 1.807) is 19.2 Å². The molecule has 1 aromatic heterocycles. The zero-order valence-corrected chi connectivity index (χ0v) is 13.1. The van der Waals surface area contributed by atoms with Crippen LogP contribution in [0.1, 0.15) is 18.4 Å². The minimum Gasteiger partial charge on any atom is -0.385 e. The smallest absolute Gasteiger partial charge is 0.220 e. The van der Waals surface area contributed by atoms with Crippen LogP contribution in [0.25, 0.3) is 10.9 Å². The SMILES string of the molecule is COCCCNC(=O)CCc1cc2cc(F)ccc2nc1Cl. The molecule has 22 heavy (non-hydrogen) atoms. The van der Waals surface area contributed by atoms with Crippen molar-refractivity contribution in [3.63, 3.8) is 0 Å². The molecule has 118 valence electrons. The van der Waals surface area contributed by atoms with Gasteiger partial charge < -0.3 is 10.1 Å². The van der Waals surface area contributed by atoms with Crippen LogP contribution in [0.5, 0.6) is 0 Å². The fraction of sp³-hybridized carbons (Fsp3) is 0.375. The molecule has 4 nitrogen and oxygen atoms in total. The highest BCUT2D eigenvalue weighted by Crippen LogP contribution is 2.22. The average molecular weight is 325 g/mol. The van der Waals surface area contributed by atoms with Crippen LogP contribution < -0.4 is 5.32 Å². The number of aryl methyl sites for hydroxylation is 1. The Labute approximate surface area is 133 Å². The Balaban J connectivity index is 1.96. The maximum absolute atomic E-state index is 13.3. The number of halogens is 2. The lowest BCUT2D eigenvalue weighted by atomic mass is 10.1. The maximum Gasteiger partial charge on any atom is 0.220 e. The Bertz CT molecular complexity index is 664. The van der Waals surface area contributed by atoms with Gasteiger partial charge in [0.1, 0.15) is 11.0 Å². The Morgan fingerprint density at radius 2 is 2.23 bits per heavy atom. The van der Waals surface area contributed by atoms with Gasteiger partial charge in [0.15, 0.2) is 0 Å². The summed E-state index contributed by atoms with van der Waals surface area (Å²) in [7, 11) is 1.62. The number of rotatable bonds is 7. The lowest BCUT2D eigenvalue weighted by Gasteiger charge is -2.07. The Kier molecular flexibility index (Phi) is 6.10. The van der Waals surface area contributed by atoms with Gasteiger partial charge in [-0.05, 0) is 42.7 Å². The van der Waals surface area contributed by atoms with E-state index in [4.69, 9.17) is 16.3 Å². The molecule has 1 aromatic carbocycles. The average Bonchev–Trinajstić information content (AvgIpc) is 2.50. The van der Waals surface area contributed by atoms with Crippen molar-refractivity contribution in [2.45, 2.75) is 19.3 Å². The normalized spacial score (nSPS) is 10.9. The first-order valence-corrected chi connectivity index (χ1v) is 7.48. The van der Waals surface area contributed by atoms with Crippen molar-refractivity contribution in [3.05, 3.63) is 40.8 Å². The van der Waals surface area contributed by atoms with Gasteiger partial charge in [0, 0.05) is 32.1 Å². The molecule has 2 aromatic rings. The number of nitrogens with one attached hydrogen (secondary N) is 1. The summed E-state index contributed by atoms with van der Waals surface area (Å²) in [6, 6.07) is 6.13. The van der Waals surface area contributed by atoms with E-state index in [1.165, 1.54) is 12.1 Å². The van der Waals surface area contributed by atoms with E-state index in [0.717, 1.165) is 12.0 Å². The first kappa shape index (κ1) is 16.6. The van der Waals surface area contributed by atoms with Crippen molar-refractivity contribution in [1.82, 2.24) is 10.3 Å². The van der Waals surface area contributed by atoms with Gasteiger partial charge in [-0.1, -0.05) is 11.6 Å². The molecule has 0 aliphatic rings. The molecule has 0 aliphatic heterocycles. The van der Waals surface area contributed by atoms with E-state index < -0.39 is 0 Å². The van der Waals surface area contributed by atoms with Crippen LogP contribution in [-0.4, -0.2) is 31.2 Å². The second-order valence-corrected chi connectivity index (χ2v) is 5.33. The standard InChI is InChI=1S/C16H18ClFN2O2/c1-22-8-2-7-19-15(21)6-3-11-9-12-10-13(18)4-5-14(12)20-16(11)17/h4-5,9-10H,2-3,6-8H2,1H3,(H,19,21). The van der Waals surface area contributed by atoms with Crippen LogP contribution in [0.15, 0.2) is 24.3 Å². The molecule has 0 fully saturated rings. The number of carbonyl (C=O) groups is 1. The van der Waals surface area contributed by atoms with Crippen LogP contribution in [0.4, 0.5) is 4.39 Å². The molecular formula is C16H18ClFN2O2. The lowest BCUT2D eigenvalue weighted by Crippen LogP contribution is -2.25. The van der Waals surface area contributed by atoms with E-state index in [0.29, 0.717) is 42.0 Å². The summed E-state index contributed by atoms with van der Waals surface area (Å²) in [6.45, 7) is 1.20. The topological polar surface area (TPSA) is 51.2 Å². The molecule has 1 amide bonds. The summed E-state index contributed by atoms with van der Waals surface area (Å²) >= 11 is 6.12. The molecule has 0 bridgehead atoms. The monoisotopic (exact) mass is 324 g/mol. The second-order valence-electron chi connectivity index (χ2n) is 4.97. The maximum atomic E-state index is 13.3. The summed E-state index contributed by atoms with van der Waals surface area (Å²) < 4.78 is 18.2. The predicted octanol–water partition coefficient (Wildman–Crippen LogP) is 3.11. The summed E-state index contributed by atoms with van der Waals surface area (Å²) in [5.74, 6) is -0.370.